The molecule has 3 aliphatic rings. The van der Waals surface area contributed by atoms with Gasteiger partial charge in [-0.1, -0.05) is 25.1 Å². The lowest BCUT2D eigenvalue weighted by Gasteiger charge is -2.42. The summed E-state index contributed by atoms with van der Waals surface area (Å²) in [6.45, 7) is 7.36. The van der Waals surface area contributed by atoms with Crippen LogP contribution in [0.1, 0.15) is 70.2 Å². The van der Waals surface area contributed by atoms with Gasteiger partial charge in [0, 0.05) is 17.7 Å². The van der Waals surface area contributed by atoms with Crippen molar-refractivity contribution in [3.05, 3.63) is 59.7 Å². The molecule has 1 aromatic heterocycles. The van der Waals surface area contributed by atoms with Crippen LogP contribution >= 0.6 is 0 Å². The third kappa shape index (κ3) is 4.62. The smallest absolute Gasteiger partial charge is 0.232 e. The average molecular weight is 524 g/mol. The van der Waals surface area contributed by atoms with E-state index in [0.717, 1.165) is 6.20 Å². The summed E-state index contributed by atoms with van der Waals surface area (Å²) in [4.78, 5) is 36.9. The van der Waals surface area contributed by atoms with Gasteiger partial charge in [0.05, 0.1) is 30.2 Å². The number of aromatic nitrogens is 1. The summed E-state index contributed by atoms with van der Waals surface area (Å²) < 4.78 is 20.2. The molecule has 4 N–H and O–H groups in total. The van der Waals surface area contributed by atoms with Crippen molar-refractivity contribution < 1.29 is 23.8 Å². The minimum absolute atomic E-state index is 0.0569. The van der Waals surface area contributed by atoms with E-state index < -0.39 is 41.1 Å². The van der Waals surface area contributed by atoms with E-state index in [-0.39, 0.29) is 30.1 Å². The molecule has 2 aliphatic heterocycles. The first-order chi connectivity index (χ1) is 17.9. The standard InChI is InChI=1S/C28H34FN5O4/c1-5-28(4)12-21(35)34(26(30)33-28)23(15-10-16(29)14-31-13-15)18-11-19(18)25(37)32-22-17-8-6-7-9-20(17)38-27(2,3)24(22)36/h6-10,13-14,18-19,22-24,36H,5,11-12H2,1-4H3,(H2,30,33)(H,32,37)/t18-,19-,22-,23?,24+,28-/m1/s1. The summed E-state index contributed by atoms with van der Waals surface area (Å²) in [6, 6.07) is 7.24. The minimum atomic E-state index is -0.986. The first-order valence-electron chi connectivity index (χ1n) is 13.0. The molecule has 1 fully saturated rings. The summed E-state index contributed by atoms with van der Waals surface area (Å²) in [5, 5.41) is 14.1. The largest absolute Gasteiger partial charge is 0.485 e. The van der Waals surface area contributed by atoms with Crippen LogP contribution in [0.5, 0.6) is 5.75 Å². The molecule has 1 aromatic carbocycles. The molecule has 9 nitrogen and oxygen atoms in total. The van der Waals surface area contributed by atoms with Gasteiger partial charge >= 0.3 is 0 Å². The van der Waals surface area contributed by atoms with Gasteiger partial charge in [-0.2, -0.15) is 0 Å². The second kappa shape index (κ2) is 9.34. The molecule has 0 bridgehead atoms. The number of aliphatic hydroxyl groups is 1. The lowest BCUT2D eigenvalue weighted by molar-refractivity contribution is -0.133. The van der Waals surface area contributed by atoms with Crippen molar-refractivity contribution in [1.82, 2.24) is 15.2 Å². The molecule has 38 heavy (non-hydrogen) atoms. The molecule has 0 radical (unpaired) electrons. The maximum atomic E-state index is 14.2. The van der Waals surface area contributed by atoms with Gasteiger partial charge < -0.3 is 20.9 Å². The Morgan fingerprint density at radius 2 is 2.05 bits per heavy atom. The highest BCUT2D eigenvalue weighted by Gasteiger charge is 2.54. The molecular formula is C28H34FN5O4. The maximum absolute atomic E-state index is 14.2. The van der Waals surface area contributed by atoms with Gasteiger partial charge in [-0.25, -0.2) is 9.38 Å². The third-order valence-corrected chi connectivity index (χ3v) is 8.07. The quantitative estimate of drug-likeness (QED) is 0.534. The number of aliphatic hydroxyl groups excluding tert-OH is 1. The van der Waals surface area contributed by atoms with Crippen LogP contribution in [0.25, 0.3) is 0 Å². The number of nitrogens with two attached hydrogens (primary N) is 1. The summed E-state index contributed by atoms with van der Waals surface area (Å²) in [5.74, 6) is -1.18. The highest BCUT2D eigenvalue weighted by Crippen LogP contribution is 2.52. The number of hydrogen-bond acceptors (Lipinski definition) is 7. The Kier molecular flexibility index (Phi) is 6.41. The second-order valence-electron chi connectivity index (χ2n) is 11.3. The number of nitrogens with zero attached hydrogens (tertiary/aromatic N) is 3. The summed E-state index contributed by atoms with van der Waals surface area (Å²) in [5.41, 5.74) is 5.95. The van der Waals surface area contributed by atoms with Gasteiger partial charge in [0.1, 0.15) is 23.3 Å². The number of pyridine rings is 1. The van der Waals surface area contributed by atoms with Crippen LogP contribution in [0.3, 0.4) is 0 Å². The number of ether oxygens (including phenoxy) is 1. The fourth-order valence-electron chi connectivity index (χ4n) is 5.62. The Labute approximate surface area is 221 Å². The summed E-state index contributed by atoms with van der Waals surface area (Å²) >= 11 is 0. The maximum Gasteiger partial charge on any atom is 0.232 e. The number of amides is 2. The topological polar surface area (TPSA) is 130 Å². The minimum Gasteiger partial charge on any atom is -0.485 e. The fraction of sp³-hybridized carbons (Fsp3) is 0.500. The van der Waals surface area contributed by atoms with Gasteiger partial charge in [0.2, 0.25) is 11.8 Å². The van der Waals surface area contributed by atoms with Crippen molar-refractivity contribution >= 4 is 17.8 Å². The number of halogens is 1. The number of aliphatic imine (C=N–C) groups is 1. The van der Waals surface area contributed by atoms with Crippen molar-refractivity contribution in [3.8, 4) is 5.75 Å². The average Bonchev–Trinajstić information content (AvgIpc) is 3.64. The Balaban J connectivity index is 1.43. The van der Waals surface area contributed by atoms with Crippen LogP contribution in [0, 0.1) is 17.7 Å². The van der Waals surface area contributed by atoms with Crippen LogP contribution in [-0.2, 0) is 9.59 Å². The number of carbonyl (C=O) groups excluding carboxylic acids is 2. The fourth-order valence-corrected chi connectivity index (χ4v) is 5.62. The molecular weight excluding hydrogens is 489 g/mol. The number of hydrogen-bond donors (Lipinski definition) is 3. The number of benzene rings is 1. The number of nitrogens with one attached hydrogen (secondary N) is 1. The third-order valence-electron chi connectivity index (χ3n) is 8.07. The van der Waals surface area contributed by atoms with Crippen LogP contribution in [0.4, 0.5) is 4.39 Å². The van der Waals surface area contributed by atoms with E-state index in [1.54, 1.807) is 13.8 Å². The van der Waals surface area contributed by atoms with Crippen molar-refractivity contribution in [2.75, 3.05) is 0 Å². The Morgan fingerprint density at radius 3 is 2.74 bits per heavy atom. The molecule has 1 aliphatic carbocycles. The number of fused-ring (bicyclic) bond motifs is 1. The van der Waals surface area contributed by atoms with Crippen LogP contribution < -0.4 is 15.8 Å². The highest BCUT2D eigenvalue weighted by molar-refractivity contribution is 5.99. The molecule has 5 rings (SSSR count). The van der Waals surface area contributed by atoms with Gasteiger partial charge in [-0.05, 0) is 57.2 Å². The van der Waals surface area contributed by atoms with Crippen LogP contribution in [0.2, 0.25) is 0 Å². The number of para-hydroxylation sites is 1. The molecule has 202 valence electrons. The highest BCUT2D eigenvalue weighted by atomic mass is 19.1. The van der Waals surface area contributed by atoms with Crippen molar-refractivity contribution in [1.29, 1.82) is 0 Å². The Bertz CT molecular complexity index is 1300. The molecule has 1 unspecified atom stereocenters. The Morgan fingerprint density at radius 1 is 1.32 bits per heavy atom. The molecule has 0 spiro atoms. The van der Waals surface area contributed by atoms with E-state index in [2.05, 4.69) is 15.3 Å². The van der Waals surface area contributed by atoms with Crippen molar-refractivity contribution in [3.63, 3.8) is 0 Å². The number of rotatable bonds is 6. The lowest BCUT2D eigenvalue weighted by Crippen LogP contribution is -2.54. The zero-order valence-corrected chi connectivity index (χ0v) is 22.0. The Hall–Kier alpha value is -3.53. The molecule has 1 saturated carbocycles. The summed E-state index contributed by atoms with van der Waals surface area (Å²) in [7, 11) is 0. The zero-order valence-electron chi connectivity index (χ0n) is 22.0. The molecule has 3 heterocycles. The van der Waals surface area contributed by atoms with E-state index in [0.29, 0.717) is 29.7 Å². The normalized spacial score (nSPS) is 30.5. The van der Waals surface area contributed by atoms with E-state index >= 15 is 0 Å². The second-order valence-corrected chi connectivity index (χ2v) is 11.3. The van der Waals surface area contributed by atoms with Crippen LogP contribution in [0.15, 0.2) is 47.7 Å². The SMILES string of the molecule is CC[C@]1(C)CC(=O)N(C(c2cncc(F)c2)[C@@H]2C[C@H]2C(=O)N[C@@H]2c3ccccc3OC(C)(C)[C@H]2O)C(N)=N1. The van der Waals surface area contributed by atoms with Gasteiger partial charge in [0.25, 0.3) is 0 Å². The monoisotopic (exact) mass is 523 g/mol. The molecule has 2 aromatic rings. The summed E-state index contributed by atoms with van der Waals surface area (Å²) in [6.07, 6.45) is 2.86. The number of guanidine groups is 1. The van der Waals surface area contributed by atoms with Gasteiger partial charge in [-0.3, -0.25) is 19.5 Å². The van der Waals surface area contributed by atoms with Gasteiger partial charge in [-0.15, -0.1) is 0 Å². The van der Waals surface area contributed by atoms with Gasteiger partial charge in [0.15, 0.2) is 5.96 Å². The van der Waals surface area contributed by atoms with Crippen LogP contribution in [-0.4, -0.2) is 50.0 Å². The first kappa shape index (κ1) is 26.1. The van der Waals surface area contributed by atoms with E-state index in [1.165, 1.54) is 17.2 Å². The van der Waals surface area contributed by atoms with E-state index in [1.807, 2.05) is 38.1 Å². The molecule has 0 saturated heterocycles. The number of carbonyl (C=O) groups is 2. The van der Waals surface area contributed by atoms with E-state index in [4.69, 9.17) is 10.5 Å². The van der Waals surface area contributed by atoms with Crippen molar-refractivity contribution in [2.24, 2.45) is 22.6 Å². The first-order valence-corrected chi connectivity index (χ1v) is 13.0. The molecule has 6 atom stereocenters. The van der Waals surface area contributed by atoms with E-state index in [9.17, 15) is 19.1 Å². The van der Waals surface area contributed by atoms with Crippen molar-refractivity contribution in [2.45, 2.75) is 76.3 Å². The predicted molar refractivity (Wildman–Crippen MR) is 138 cm³/mol. The molecule has 2 amide bonds. The zero-order chi connectivity index (χ0) is 27.4. The predicted octanol–water partition coefficient (Wildman–Crippen LogP) is 3.00. The lowest BCUT2D eigenvalue weighted by atomic mass is 9.86. The molecule has 10 heteroatoms.